The largest absolute Gasteiger partial charge is 0.392 e. The van der Waals surface area contributed by atoms with E-state index in [1.54, 1.807) is 0 Å². The molecule has 0 radical (unpaired) electrons. The van der Waals surface area contributed by atoms with E-state index in [-0.39, 0.29) is 6.10 Å². The molecular formula is C11H21NO. The molecule has 13 heavy (non-hydrogen) atoms. The summed E-state index contributed by atoms with van der Waals surface area (Å²) in [6.45, 7) is 5.25. The fraction of sp³-hybridized carbons (Fsp3) is 1.00. The van der Waals surface area contributed by atoms with Gasteiger partial charge in [-0.05, 0) is 44.4 Å². The minimum atomic E-state index is -0.155. The molecule has 0 aromatic carbocycles. The van der Waals surface area contributed by atoms with Gasteiger partial charge in [0, 0.05) is 19.6 Å². The molecule has 2 saturated carbocycles. The minimum Gasteiger partial charge on any atom is -0.392 e. The second-order valence-electron chi connectivity index (χ2n) is 4.95. The van der Waals surface area contributed by atoms with Gasteiger partial charge in [0.05, 0.1) is 6.10 Å². The molecule has 0 unspecified atom stereocenters. The van der Waals surface area contributed by atoms with Crippen molar-refractivity contribution < 1.29 is 5.11 Å². The first-order valence-electron chi connectivity index (χ1n) is 5.64. The van der Waals surface area contributed by atoms with E-state index in [1.807, 2.05) is 6.92 Å². The Kier molecular flexibility index (Phi) is 2.89. The van der Waals surface area contributed by atoms with Crippen LogP contribution in [0.5, 0.6) is 0 Å². The molecule has 2 aliphatic rings. The zero-order valence-corrected chi connectivity index (χ0v) is 8.58. The summed E-state index contributed by atoms with van der Waals surface area (Å²) in [6.07, 6.45) is 5.52. The third kappa shape index (κ3) is 3.65. The van der Waals surface area contributed by atoms with Crippen LogP contribution in [0.3, 0.4) is 0 Å². The van der Waals surface area contributed by atoms with Crippen LogP contribution in [0.2, 0.25) is 0 Å². The summed E-state index contributed by atoms with van der Waals surface area (Å²) < 4.78 is 0. The van der Waals surface area contributed by atoms with Crippen molar-refractivity contribution in [2.75, 3.05) is 19.6 Å². The van der Waals surface area contributed by atoms with Gasteiger partial charge in [-0.3, -0.25) is 0 Å². The minimum absolute atomic E-state index is 0.155. The zero-order chi connectivity index (χ0) is 9.26. The average molecular weight is 183 g/mol. The first kappa shape index (κ1) is 9.47. The molecule has 0 amide bonds. The molecule has 2 aliphatic carbocycles. The van der Waals surface area contributed by atoms with Crippen molar-refractivity contribution in [3.8, 4) is 0 Å². The van der Waals surface area contributed by atoms with Gasteiger partial charge in [0.25, 0.3) is 0 Å². The summed E-state index contributed by atoms with van der Waals surface area (Å²) >= 11 is 0. The van der Waals surface area contributed by atoms with E-state index >= 15 is 0 Å². The van der Waals surface area contributed by atoms with Gasteiger partial charge in [-0.1, -0.05) is 0 Å². The van der Waals surface area contributed by atoms with Crippen molar-refractivity contribution in [3.05, 3.63) is 0 Å². The van der Waals surface area contributed by atoms with Crippen molar-refractivity contribution >= 4 is 0 Å². The van der Waals surface area contributed by atoms with Gasteiger partial charge in [0.1, 0.15) is 0 Å². The highest BCUT2D eigenvalue weighted by atomic mass is 16.3. The summed E-state index contributed by atoms with van der Waals surface area (Å²) in [5.74, 6) is 1.91. The molecule has 2 nitrogen and oxygen atoms in total. The molecule has 0 aromatic heterocycles. The highest BCUT2D eigenvalue weighted by Crippen LogP contribution is 2.33. The monoisotopic (exact) mass is 183 g/mol. The van der Waals surface area contributed by atoms with Crippen LogP contribution in [0.1, 0.15) is 32.6 Å². The lowest BCUT2D eigenvalue weighted by molar-refractivity contribution is 0.120. The lowest BCUT2D eigenvalue weighted by Gasteiger charge is -2.23. The van der Waals surface area contributed by atoms with Gasteiger partial charge >= 0.3 is 0 Å². The van der Waals surface area contributed by atoms with E-state index in [0.29, 0.717) is 0 Å². The van der Waals surface area contributed by atoms with Crippen LogP contribution in [0.15, 0.2) is 0 Å². The van der Waals surface area contributed by atoms with Gasteiger partial charge in [0.15, 0.2) is 0 Å². The summed E-state index contributed by atoms with van der Waals surface area (Å²) in [5.41, 5.74) is 0. The molecule has 0 aromatic rings. The second kappa shape index (κ2) is 3.97. The van der Waals surface area contributed by atoms with Gasteiger partial charge in [-0.25, -0.2) is 0 Å². The second-order valence-corrected chi connectivity index (χ2v) is 4.95. The Hall–Kier alpha value is -0.0800. The maximum absolute atomic E-state index is 9.35. The number of hydrogen-bond acceptors (Lipinski definition) is 2. The van der Waals surface area contributed by atoms with Gasteiger partial charge < -0.3 is 10.0 Å². The lowest BCUT2D eigenvalue weighted by atomic mass is 10.2. The summed E-state index contributed by atoms with van der Waals surface area (Å²) in [5, 5.41) is 9.35. The Labute approximate surface area is 80.9 Å². The predicted molar refractivity (Wildman–Crippen MR) is 53.6 cm³/mol. The molecule has 0 bridgehead atoms. The highest BCUT2D eigenvalue weighted by Gasteiger charge is 2.29. The molecule has 2 heteroatoms. The lowest BCUT2D eigenvalue weighted by Crippen LogP contribution is -2.34. The summed E-state index contributed by atoms with van der Waals surface area (Å²) in [7, 11) is 0. The fourth-order valence-corrected chi connectivity index (χ4v) is 1.93. The van der Waals surface area contributed by atoms with Gasteiger partial charge in [-0.2, -0.15) is 0 Å². The van der Waals surface area contributed by atoms with Gasteiger partial charge in [0.2, 0.25) is 0 Å². The van der Waals surface area contributed by atoms with Crippen molar-refractivity contribution in [2.45, 2.75) is 38.7 Å². The van der Waals surface area contributed by atoms with E-state index < -0.39 is 0 Å². The molecule has 0 saturated heterocycles. The standard InChI is InChI=1S/C11H21NO/c1-9(13)6-12(7-10-2-3-10)8-11-4-5-11/h9-11,13H,2-8H2,1H3/t9-/m0/s1. The number of nitrogens with zero attached hydrogens (tertiary/aromatic N) is 1. The van der Waals surface area contributed by atoms with E-state index in [0.717, 1.165) is 18.4 Å². The van der Waals surface area contributed by atoms with Crippen molar-refractivity contribution in [3.63, 3.8) is 0 Å². The van der Waals surface area contributed by atoms with Crippen molar-refractivity contribution in [1.29, 1.82) is 0 Å². The summed E-state index contributed by atoms with van der Waals surface area (Å²) in [6, 6.07) is 0. The Balaban J connectivity index is 1.70. The molecule has 0 heterocycles. The Morgan fingerprint density at radius 3 is 1.92 bits per heavy atom. The third-order valence-corrected chi connectivity index (χ3v) is 2.95. The predicted octanol–water partition coefficient (Wildman–Crippen LogP) is 1.49. The quantitative estimate of drug-likeness (QED) is 0.674. The molecule has 0 aliphatic heterocycles. The third-order valence-electron chi connectivity index (χ3n) is 2.95. The molecule has 2 fully saturated rings. The first-order valence-corrected chi connectivity index (χ1v) is 5.64. The number of hydrogen-bond donors (Lipinski definition) is 1. The topological polar surface area (TPSA) is 23.5 Å². The van der Waals surface area contributed by atoms with Crippen LogP contribution in [-0.2, 0) is 0 Å². The van der Waals surface area contributed by atoms with Gasteiger partial charge in [-0.15, -0.1) is 0 Å². The van der Waals surface area contributed by atoms with Crippen LogP contribution in [0.4, 0.5) is 0 Å². The van der Waals surface area contributed by atoms with Crippen molar-refractivity contribution in [1.82, 2.24) is 4.90 Å². The van der Waals surface area contributed by atoms with Crippen LogP contribution in [0.25, 0.3) is 0 Å². The Bertz CT molecular complexity index is 142. The van der Waals surface area contributed by atoms with E-state index in [2.05, 4.69) is 4.90 Å². The average Bonchev–Trinajstić information content (AvgIpc) is 2.79. The van der Waals surface area contributed by atoms with E-state index in [4.69, 9.17) is 0 Å². The van der Waals surface area contributed by atoms with Crippen LogP contribution in [0, 0.1) is 11.8 Å². The highest BCUT2D eigenvalue weighted by molar-refractivity contribution is 4.82. The van der Waals surface area contributed by atoms with Crippen LogP contribution < -0.4 is 0 Å². The van der Waals surface area contributed by atoms with Crippen LogP contribution >= 0.6 is 0 Å². The Morgan fingerprint density at radius 1 is 1.15 bits per heavy atom. The molecule has 0 spiro atoms. The van der Waals surface area contributed by atoms with Crippen molar-refractivity contribution in [2.24, 2.45) is 11.8 Å². The SMILES string of the molecule is C[C@H](O)CN(CC1CC1)CC1CC1. The zero-order valence-electron chi connectivity index (χ0n) is 8.58. The van der Waals surface area contributed by atoms with E-state index in [1.165, 1.54) is 38.8 Å². The maximum Gasteiger partial charge on any atom is 0.0639 e. The molecule has 1 N–H and O–H groups in total. The normalized spacial score (nSPS) is 25.2. The molecular weight excluding hydrogens is 162 g/mol. The molecule has 1 atom stereocenters. The summed E-state index contributed by atoms with van der Waals surface area (Å²) in [4.78, 5) is 2.47. The smallest absolute Gasteiger partial charge is 0.0639 e. The number of aliphatic hydroxyl groups is 1. The van der Waals surface area contributed by atoms with Crippen LogP contribution in [-0.4, -0.2) is 35.7 Å². The first-order chi connectivity index (χ1) is 6.24. The number of rotatable bonds is 6. The number of aliphatic hydroxyl groups excluding tert-OH is 1. The maximum atomic E-state index is 9.35. The molecule has 76 valence electrons. The Morgan fingerprint density at radius 2 is 1.62 bits per heavy atom. The molecule has 2 rings (SSSR count). The fourth-order valence-electron chi connectivity index (χ4n) is 1.93. The van der Waals surface area contributed by atoms with E-state index in [9.17, 15) is 5.11 Å².